The Balaban J connectivity index is 1.82. The van der Waals surface area contributed by atoms with Crippen LogP contribution in [-0.2, 0) is 6.54 Å². The van der Waals surface area contributed by atoms with Gasteiger partial charge in [-0.1, -0.05) is 58.4 Å². The molecular formula is C21H14BrN3. The molecule has 5 aromatic rings. The van der Waals surface area contributed by atoms with E-state index < -0.39 is 0 Å². The Morgan fingerprint density at radius 2 is 1.44 bits per heavy atom. The van der Waals surface area contributed by atoms with Crippen molar-refractivity contribution in [2.24, 2.45) is 0 Å². The lowest BCUT2D eigenvalue weighted by atomic mass is 10.2. The lowest BCUT2D eigenvalue weighted by Crippen LogP contribution is -2.01. The zero-order valence-electron chi connectivity index (χ0n) is 13.4. The Morgan fingerprint density at radius 1 is 0.760 bits per heavy atom. The van der Waals surface area contributed by atoms with Crippen LogP contribution in [0.2, 0.25) is 0 Å². The predicted molar refractivity (Wildman–Crippen MR) is 106 cm³/mol. The molecule has 0 saturated carbocycles. The number of halogens is 1. The lowest BCUT2D eigenvalue weighted by molar-refractivity contribution is 0.857. The van der Waals surface area contributed by atoms with Crippen molar-refractivity contribution >= 4 is 49.0 Å². The molecule has 4 heteroatoms. The van der Waals surface area contributed by atoms with E-state index in [1.165, 1.54) is 5.56 Å². The maximum atomic E-state index is 4.92. The number of hydrogen-bond donors (Lipinski definition) is 0. The average Bonchev–Trinajstić information content (AvgIpc) is 2.95. The van der Waals surface area contributed by atoms with Gasteiger partial charge in [0.1, 0.15) is 5.52 Å². The van der Waals surface area contributed by atoms with E-state index in [4.69, 9.17) is 9.97 Å². The largest absolute Gasteiger partial charge is 0.319 e. The molecule has 3 nitrogen and oxygen atoms in total. The fourth-order valence-corrected chi connectivity index (χ4v) is 3.58. The van der Waals surface area contributed by atoms with Crippen molar-refractivity contribution in [3.8, 4) is 0 Å². The van der Waals surface area contributed by atoms with Crippen molar-refractivity contribution in [3.05, 3.63) is 82.8 Å². The molecule has 3 aromatic carbocycles. The monoisotopic (exact) mass is 387 g/mol. The number of benzene rings is 3. The second-order valence-corrected chi connectivity index (χ2v) is 7.03. The molecule has 0 amide bonds. The molecule has 0 spiro atoms. The van der Waals surface area contributed by atoms with E-state index in [1.807, 2.05) is 24.3 Å². The van der Waals surface area contributed by atoms with Crippen LogP contribution in [0, 0.1) is 0 Å². The van der Waals surface area contributed by atoms with Crippen LogP contribution in [-0.4, -0.2) is 14.5 Å². The molecule has 2 heterocycles. The van der Waals surface area contributed by atoms with Gasteiger partial charge in [0.25, 0.3) is 0 Å². The van der Waals surface area contributed by atoms with Crippen molar-refractivity contribution in [2.75, 3.05) is 0 Å². The van der Waals surface area contributed by atoms with E-state index >= 15 is 0 Å². The van der Waals surface area contributed by atoms with Gasteiger partial charge in [-0.25, -0.2) is 9.97 Å². The second-order valence-electron chi connectivity index (χ2n) is 6.11. The topological polar surface area (TPSA) is 30.7 Å². The minimum Gasteiger partial charge on any atom is -0.319 e. The molecule has 2 aromatic heterocycles. The van der Waals surface area contributed by atoms with Crippen molar-refractivity contribution in [2.45, 2.75) is 6.54 Å². The SMILES string of the molecule is Brc1ccc(Cn2c3ccccc3c3nc4ccccc4nc32)cc1. The van der Waals surface area contributed by atoms with Gasteiger partial charge in [0.05, 0.1) is 16.6 Å². The van der Waals surface area contributed by atoms with Gasteiger partial charge in [0.2, 0.25) is 0 Å². The van der Waals surface area contributed by atoms with E-state index in [0.29, 0.717) is 0 Å². The van der Waals surface area contributed by atoms with Gasteiger partial charge >= 0.3 is 0 Å². The highest BCUT2D eigenvalue weighted by Crippen LogP contribution is 2.29. The van der Waals surface area contributed by atoms with Crippen molar-refractivity contribution < 1.29 is 0 Å². The molecule has 5 rings (SSSR count). The maximum Gasteiger partial charge on any atom is 0.160 e. The van der Waals surface area contributed by atoms with Crippen LogP contribution in [0.1, 0.15) is 5.56 Å². The first-order chi connectivity index (χ1) is 12.3. The van der Waals surface area contributed by atoms with E-state index in [9.17, 15) is 0 Å². The van der Waals surface area contributed by atoms with Gasteiger partial charge in [0.15, 0.2) is 5.65 Å². The molecule has 0 aliphatic rings. The van der Waals surface area contributed by atoms with Crippen LogP contribution in [0.15, 0.2) is 77.3 Å². The molecule has 0 bridgehead atoms. The van der Waals surface area contributed by atoms with E-state index in [-0.39, 0.29) is 0 Å². The summed E-state index contributed by atoms with van der Waals surface area (Å²) in [6.45, 7) is 0.768. The van der Waals surface area contributed by atoms with E-state index in [0.717, 1.165) is 44.1 Å². The van der Waals surface area contributed by atoms with E-state index in [2.05, 4.69) is 69.0 Å². The zero-order valence-corrected chi connectivity index (χ0v) is 14.9. The Morgan fingerprint density at radius 3 is 2.24 bits per heavy atom. The van der Waals surface area contributed by atoms with Crippen LogP contribution >= 0.6 is 15.9 Å². The number of para-hydroxylation sites is 3. The normalized spacial score (nSPS) is 11.6. The first-order valence-corrected chi connectivity index (χ1v) is 8.97. The van der Waals surface area contributed by atoms with Crippen molar-refractivity contribution in [1.29, 1.82) is 0 Å². The molecule has 0 N–H and O–H groups in total. The van der Waals surface area contributed by atoms with Crippen LogP contribution < -0.4 is 0 Å². The number of fused-ring (bicyclic) bond motifs is 4. The number of aromatic nitrogens is 3. The standard InChI is InChI=1S/C21H14BrN3/c22-15-11-9-14(10-12-15)13-25-19-8-4-1-5-16(19)20-21(25)24-18-7-3-2-6-17(18)23-20/h1-12H,13H2. The van der Waals surface area contributed by atoms with Gasteiger partial charge < -0.3 is 4.57 Å². The Kier molecular flexibility index (Phi) is 3.31. The van der Waals surface area contributed by atoms with Gasteiger partial charge in [-0.05, 0) is 35.9 Å². The van der Waals surface area contributed by atoms with Crippen LogP contribution in [0.5, 0.6) is 0 Å². The van der Waals surface area contributed by atoms with Crippen LogP contribution in [0.25, 0.3) is 33.1 Å². The minimum absolute atomic E-state index is 0.768. The third-order valence-electron chi connectivity index (χ3n) is 4.51. The Labute approximate surface area is 153 Å². The van der Waals surface area contributed by atoms with Crippen molar-refractivity contribution in [1.82, 2.24) is 14.5 Å². The number of hydrogen-bond acceptors (Lipinski definition) is 2. The van der Waals surface area contributed by atoms with Crippen LogP contribution in [0.4, 0.5) is 0 Å². The summed E-state index contributed by atoms with van der Waals surface area (Å²) in [6, 6.07) is 24.9. The fourth-order valence-electron chi connectivity index (χ4n) is 3.32. The number of nitrogens with zero attached hydrogens (tertiary/aromatic N) is 3. The Hall–Kier alpha value is -2.72. The van der Waals surface area contributed by atoms with E-state index in [1.54, 1.807) is 0 Å². The van der Waals surface area contributed by atoms with Gasteiger partial charge in [-0.3, -0.25) is 0 Å². The summed E-state index contributed by atoms with van der Waals surface area (Å²) in [5.41, 5.74) is 6.15. The molecule has 0 fully saturated rings. The molecule has 0 atom stereocenters. The fraction of sp³-hybridized carbons (Fsp3) is 0.0476. The molecule has 0 saturated heterocycles. The highest BCUT2D eigenvalue weighted by molar-refractivity contribution is 9.10. The second kappa shape index (κ2) is 5.67. The molecule has 0 unspecified atom stereocenters. The lowest BCUT2D eigenvalue weighted by Gasteiger charge is -2.07. The summed E-state index contributed by atoms with van der Waals surface area (Å²) in [6.07, 6.45) is 0. The third-order valence-corrected chi connectivity index (χ3v) is 5.04. The van der Waals surface area contributed by atoms with Gasteiger partial charge in [-0.2, -0.15) is 0 Å². The van der Waals surface area contributed by atoms with Crippen LogP contribution in [0.3, 0.4) is 0 Å². The van der Waals surface area contributed by atoms with Crippen molar-refractivity contribution in [3.63, 3.8) is 0 Å². The molecule has 0 radical (unpaired) electrons. The molecule has 25 heavy (non-hydrogen) atoms. The molecule has 0 aliphatic carbocycles. The summed E-state index contributed by atoms with van der Waals surface area (Å²) >= 11 is 3.50. The molecule has 0 aliphatic heterocycles. The smallest absolute Gasteiger partial charge is 0.160 e. The molecule has 120 valence electrons. The third kappa shape index (κ3) is 2.41. The summed E-state index contributed by atoms with van der Waals surface area (Å²) in [5.74, 6) is 0. The maximum absolute atomic E-state index is 4.92. The summed E-state index contributed by atoms with van der Waals surface area (Å²) in [7, 11) is 0. The quantitative estimate of drug-likeness (QED) is 0.397. The van der Waals surface area contributed by atoms with Gasteiger partial charge in [-0.15, -0.1) is 0 Å². The molecular weight excluding hydrogens is 374 g/mol. The Bertz CT molecular complexity index is 1220. The number of rotatable bonds is 2. The average molecular weight is 388 g/mol. The zero-order chi connectivity index (χ0) is 16.8. The van der Waals surface area contributed by atoms with Gasteiger partial charge in [0, 0.05) is 16.4 Å². The highest BCUT2D eigenvalue weighted by Gasteiger charge is 2.14. The summed E-state index contributed by atoms with van der Waals surface area (Å²) in [4.78, 5) is 9.81. The first kappa shape index (κ1) is 14.6. The summed E-state index contributed by atoms with van der Waals surface area (Å²) in [5, 5.41) is 1.15. The highest BCUT2D eigenvalue weighted by atomic mass is 79.9. The summed E-state index contributed by atoms with van der Waals surface area (Å²) < 4.78 is 3.34. The minimum atomic E-state index is 0.768. The first-order valence-electron chi connectivity index (χ1n) is 8.18. The predicted octanol–water partition coefficient (Wildman–Crippen LogP) is 5.55.